The molecule has 0 saturated heterocycles. The van der Waals surface area contributed by atoms with E-state index in [2.05, 4.69) is 0 Å². The summed E-state index contributed by atoms with van der Waals surface area (Å²) in [6.45, 7) is 3.28. The molecule has 0 aromatic heterocycles. The Morgan fingerprint density at radius 1 is 1.19 bits per heavy atom. The number of hydrogen-bond donors (Lipinski definition) is 4. The van der Waals surface area contributed by atoms with Gasteiger partial charge in [0.2, 0.25) is 0 Å². The predicted octanol–water partition coefficient (Wildman–Crippen LogP) is 1.99. The van der Waals surface area contributed by atoms with E-state index in [0.29, 0.717) is 11.1 Å². The number of hydrogen-bond acceptors (Lipinski definition) is 6. The number of aliphatic hydroxyl groups is 3. The molecule has 2 unspecified atom stereocenters. The predicted molar refractivity (Wildman–Crippen MR) is 93.2 cm³/mol. The molecule has 6 nitrogen and oxygen atoms in total. The summed E-state index contributed by atoms with van der Waals surface area (Å²) in [4.78, 5) is 12.4. The summed E-state index contributed by atoms with van der Waals surface area (Å²) in [5.74, 6) is -2.02. The quantitative estimate of drug-likeness (QED) is 0.523. The minimum Gasteiger partial charge on any atom is -0.507 e. The second-order valence-corrected chi connectivity index (χ2v) is 6.43. The van der Waals surface area contributed by atoms with E-state index in [9.17, 15) is 29.6 Å². The Kier molecular flexibility index (Phi) is 6.52. The first-order valence-electron chi connectivity index (χ1n) is 8.31. The fourth-order valence-electron chi connectivity index (χ4n) is 2.69. The molecule has 0 aliphatic carbocycles. The first kappa shape index (κ1) is 20.1. The number of halogens is 1. The third kappa shape index (κ3) is 4.69. The Bertz CT molecular complexity index is 727. The van der Waals surface area contributed by atoms with E-state index in [1.54, 1.807) is 13.0 Å². The molecule has 1 aliphatic rings. The van der Waals surface area contributed by atoms with Crippen molar-refractivity contribution >= 4 is 12.0 Å². The van der Waals surface area contributed by atoms with Crippen LogP contribution in [0.25, 0.3) is 6.08 Å². The first-order chi connectivity index (χ1) is 12.2. The number of carbonyl (C=O) groups is 1. The van der Waals surface area contributed by atoms with E-state index < -0.39 is 36.2 Å². The molecule has 1 aromatic rings. The number of phenolic OH excluding ortho intramolecular Hbond substituents is 1. The van der Waals surface area contributed by atoms with Crippen LogP contribution in [-0.4, -0.2) is 50.8 Å². The molecular formula is C19H23FO6. The van der Waals surface area contributed by atoms with Crippen molar-refractivity contribution in [1.29, 1.82) is 0 Å². The van der Waals surface area contributed by atoms with Gasteiger partial charge in [0.1, 0.15) is 35.5 Å². The van der Waals surface area contributed by atoms with Gasteiger partial charge in [0.25, 0.3) is 0 Å². The van der Waals surface area contributed by atoms with Gasteiger partial charge in [-0.1, -0.05) is 18.2 Å². The van der Waals surface area contributed by atoms with Gasteiger partial charge in [0.15, 0.2) is 0 Å². The summed E-state index contributed by atoms with van der Waals surface area (Å²) in [6, 6.07) is 3.09. The number of fused-ring (bicyclic) bond motifs is 1. The van der Waals surface area contributed by atoms with Crippen LogP contribution in [0, 0.1) is 6.92 Å². The Balaban J connectivity index is 2.45. The third-order valence-electron chi connectivity index (χ3n) is 4.12. The Morgan fingerprint density at radius 3 is 2.58 bits per heavy atom. The average Bonchev–Trinajstić information content (AvgIpc) is 2.56. The molecule has 0 saturated carbocycles. The second-order valence-electron chi connectivity index (χ2n) is 6.43. The molecule has 142 valence electrons. The van der Waals surface area contributed by atoms with E-state index in [0.717, 1.165) is 6.08 Å². The van der Waals surface area contributed by atoms with Gasteiger partial charge in [0, 0.05) is 6.42 Å². The lowest BCUT2D eigenvalue weighted by molar-refractivity contribution is -0.0503. The number of phenols is 1. The highest BCUT2D eigenvalue weighted by molar-refractivity contribution is 5.96. The molecule has 0 bridgehead atoms. The molecule has 0 amide bonds. The van der Waals surface area contributed by atoms with Gasteiger partial charge in [-0.2, -0.15) is 0 Å². The van der Waals surface area contributed by atoms with Crippen LogP contribution in [0.2, 0.25) is 0 Å². The molecule has 4 atom stereocenters. The van der Waals surface area contributed by atoms with Crippen molar-refractivity contribution < 1.29 is 34.3 Å². The summed E-state index contributed by atoms with van der Waals surface area (Å²) < 4.78 is 19.2. The van der Waals surface area contributed by atoms with Gasteiger partial charge in [0.05, 0.1) is 6.10 Å². The minimum absolute atomic E-state index is 0.0321. The van der Waals surface area contributed by atoms with Crippen LogP contribution in [0.1, 0.15) is 41.3 Å². The van der Waals surface area contributed by atoms with Crippen molar-refractivity contribution in [1.82, 2.24) is 0 Å². The Morgan fingerprint density at radius 2 is 1.88 bits per heavy atom. The van der Waals surface area contributed by atoms with E-state index in [1.165, 1.54) is 25.1 Å². The largest absolute Gasteiger partial charge is 0.507 e. The maximum Gasteiger partial charge on any atom is 0.342 e. The lowest BCUT2D eigenvalue weighted by Crippen LogP contribution is -2.37. The highest BCUT2D eigenvalue weighted by Crippen LogP contribution is 2.27. The summed E-state index contributed by atoms with van der Waals surface area (Å²) in [5.41, 5.74) is 1.07. The van der Waals surface area contributed by atoms with Gasteiger partial charge in [-0.15, -0.1) is 0 Å². The zero-order valence-corrected chi connectivity index (χ0v) is 14.6. The molecule has 1 aliphatic heterocycles. The van der Waals surface area contributed by atoms with Crippen LogP contribution in [0.5, 0.6) is 5.75 Å². The van der Waals surface area contributed by atoms with Crippen molar-refractivity contribution in [2.75, 3.05) is 0 Å². The van der Waals surface area contributed by atoms with Crippen LogP contribution in [-0.2, 0) is 4.74 Å². The monoisotopic (exact) mass is 366 g/mol. The summed E-state index contributed by atoms with van der Waals surface area (Å²) in [5, 5.41) is 39.7. The zero-order valence-electron chi connectivity index (χ0n) is 14.6. The number of carbonyl (C=O) groups excluding carboxylic acids is 1. The Labute approximate surface area is 150 Å². The van der Waals surface area contributed by atoms with Crippen molar-refractivity contribution in [2.45, 2.75) is 51.1 Å². The average molecular weight is 366 g/mol. The van der Waals surface area contributed by atoms with Crippen molar-refractivity contribution in [3.8, 4) is 5.75 Å². The third-order valence-corrected chi connectivity index (χ3v) is 4.12. The van der Waals surface area contributed by atoms with Gasteiger partial charge >= 0.3 is 5.97 Å². The topological polar surface area (TPSA) is 107 Å². The second kappa shape index (κ2) is 8.44. The highest BCUT2D eigenvalue weighted by atomic mass is 19.1. The highest BCUT2D eigenvalue weighted by Gasteiger charge is 2.28. The zero-order chi connectivity index (χ0) is 19.4. The van der Waals surface area contributed by atoms with Gasteiger partial charge in [-0.3, -0.25) is 0 Å². The summed E-state index contributed by atoms with van der Waals surface area (Å²) in [7, 11) is 0. The Hall–Kier alpha value is -2.22. The molecule has 26 heavy (non-hydrogen) atoms. The van der Waals surface area contributed by atoms with Crippen molar-refractivity contribution in [2.24, 2.45) is 0 Å². The number of rotatable bonds is 0. The fraction of sp³-hybridized carbons (Fsp3) is 0.421. The molecule has 2 rings (SSSR count). The SMILES string of the molecule is Cc1cc(O)c2c(c1)/C=C/C[C@H](O)[C@H](O)C(O)/C(F)=C\CC(C)OC2=O. The number of aliphatic hydroxyl groups excluding tert-OH is 3. The van der Waals surface area contributed by atoms with Gasteiger partial charge < -0.3 is 25.2 Å². The standard InChI is InChI=1S/C19H23FO6/c1-10-8-12-4-3-5-14(21)18(24)17(23)13(20)7-6-11(2)26-19(25)16(12)15(22)9-10/h3-4,7-9,11,14,17-18,21-24H,5-6H2,1-2H3/b4-3+,13-7+/t11?,14-,17?,18-/m0/s1. The van der Waals surface area contributed by atoms with Crippen molar-refractivity contribution in [3.05, 3.63) is 46.8 Å². The molecule has 1 heterocycles. The number of aryl methyl sites for hydroxylation is 1. The molecule has 4 N–H and O–H groups in total. The number of aromatic hydroxyl groups is 1. The van der Waals surface area contributed by atoms with E-state index in [4.69, 9.17) is 4.74 Å². The van der Waals surface area contributed by atoms with Crippen LogP contribution in [0.4, 0.5) is 4.39 Å². The molecular weight excluding hydrogens is 343 g/mol. The maximum atomic E-state index is 13.9. The maximum absolute atomic E-state index is 13.9. The van der Waals surface area contributed by atoms with Crippen molar-refractivity contribution in [3.63, 3.8) is 0 Å². The summed E-state index contributed by atoms with van der Waals surface area (Å²) >= 11 is 0. The lowest BCUT2D eigenvalue weighted by atomic mass is 9.99. The van der Waals surface area contributed by atoms with Crippen LogP contribution in [0.3, 0.4) is 0 Å². The smallest absolute Gasteiger partial charge is 0.342 e. The lowest BCUT2D eigenvalue weighted by Gasteiger charge is -2.22. The molecule has 1 aromatic carbocycles. The number of ether oxygens (including phenoxy) is 1. The van der Waals surface area contributed by atoms with E-state index in [1.807, 2.05) is 0 Å². The van der Waals surface area contributed by atoms with Crippen LogP contribution in [0.15, 0.2) is 30.1 Å². The van der Waals surface area contributed by atoms with Gasteiger partial charge in [-0.25, -0.2) is 9.18 Å². The first-order valence-corrected chi connectivity index (χ1v) is 8.31. The number of benzene rings is 1. The normalized spacial score (nSPS) is 31.2. The van der Waals surface area contributed by atoms with E-state index >= 15 is 0 Å². The minimum atomic E-state index is -1.87. The molecule has 0 radical (unpaired) electrons. The number of esters is 1. The van der Waals surface area contributed by atoms with Crippen LogP contribution < -0.4 is 0 Å². The van der Waals surface area contributed by atoms with Crippen LogP contribution >= 0.6 is 0 Å². The van der Waals surface area contributed by atoms with Gasteiger partial charge in [-0.05, 0) is 43.5 Å². The fourth-order valence-corrected chi connectivity index (χ4v) is 2.69. The molecule has 0 fully saturated rings. The van der Waals surface area contributed by atoms with E-state index in [-0.39, 0.29) is 24.2 Å². The summed E-state index contributed by atoms with van der Waals surface area (Å²) in [6.07, 6.45) is -1.91. The molecule has 7 heteroatoms. The number of cyclic esters (lactones) is 1. The molecule has 0 spiro atoms.